The van der Waals surface area contributed by atoms with Gasteiger partial charge in [0, 0.05) is 23.5 Å². The van der Waals surface area contributed by atoms with Crippen LogP contribution in [0.2, 0.25) is 0 Å². The van der Waals surface area contributed by atoms with E-state index >= 15 is 0 Å². The summed E-state index contributed by atoms with van der Waals surface area (Å²) in [7, 11) is 0. The minimum atomic E-state index is -0.668. The Hall–Kier alpha value is -3.23. The van der Waals surface area contributed by atoms with Crippen LogP contribution in [0, 0.1) is 11.7 Å². The summed E-state index contributed by atoms with van der Waals surface area (Å²) in [5.41, 5.74) is 11.7. The second-order valence-electron chi connectivity index (χ2n) is 5.72. The fraction of sp³-hybridized carbons (Fsp3) is 0.250. The van der Waals surface area contributed by atoms with Gasteiger partial charge in [0.1, 0.15) is 11.9 Å². The second-order valence-corrected chi connectivity index (χ2v) is 5.72. The van der Waals surface area contributed by atoms with Gasteiger partial charge in [-0.05, 0) is 25.1 Å². The molecule has 2 atom stereocenters. The number of carbonyl (C=O) groups is 2. The van der Waals surface area contributed by atoms with Crippen molar-refractivity contribution in [2.45, 2.75) is 13.0 Å². The molecule has 130 valence electrons. The minimum Gasteiger partial charge on any atom is -0.443 e. The molecule has 3 rings (SSSR count). The molecule has 1 aliphatic heterocycles. The summed E-state index contributed by atoms with van der Waals surface area (Å²) in [4.78, 5) is 32.2. The van der Waals surface area contributed by atoms with E-state index in [4.69, 9.17) is 16.2 Å². The number of nitrogen functional groups attached to an aromatic ring is 1. The first-order chi connectivity index (χ1) is 11.9. The van der Waals surface area contributed by atoms with E-state index in [0.29, 0.717) is 11.3 Å². The summed E-state index contributed by atoms with van der Waals surface area (Å²) in [5, 5.41) is 0. The summed E-state index contributed by atoms with van der Waals surface area (Å²) in [6.07, 6.45) is 1.50. The first-order valence-electron chi connectivity index (χ1n) is 7.51. The smallest absolute Gasteiger partial charge is 0.414 e. The van der Waals surface area contributed by atoms with E-state index in [0.717, 1.165) is 0 Å². The van der Waals surface area contributed by atoms with Crippen molar-refractivity contribution in [1.82, 2.24) is 9.97 Å². The fourth-order valence-electron chi connectivity index (χ4n) is 2.52. The zero-order valence-corrected chi connectivity index (χ0v) is 13.3. The molecule has 0 bridgehead atoms. The maximum absolute atomic E-state index is 14.5. The van der Waals surface area contributed by atoms with Crippen LogP contribution in [0.4, 0.5) is 20.8 Å². The van der Waals surface area contributed by atoms with Crippen molar-refractivity contribution in [2.24, 2.45) is 11.7 Å². The van der Waals surface area contributed by atoms with Crippen LogP contribution in [0.1, 0.15) is 6.92 Å². The van der Waals surface area contributed by atoms with Gasteiger partial charge in [-0.2, -0.15) is 0 Å². The molecule has 4 N–H and O–H groups in total. The molecule has 1 aromatic carbocycles. The fourth-order valence-corrected chi connectivity index (χ4v) is 2.52. The second kappa shape index (κ2) is 6.34. The van der Waals surface area contributed by atoms with E-state index in [1.165, 1.54) is 29.4 Å². The Morgan fingerprint density at radius 1 is 1.40 bits per heavy atom. The van der Waals surface area contributed by atoms with Gasteiger partial charge in [-0.15, -0.1) is 0 Å². The molecule has 1 aliphatic rings. The molecular formula is C16H16FN5O3. The lowest BCUT2D eigenvalue weighted by Gasteiger charge is -2.15. The van der Waals surface area contributed by atoms with Crippen LogP contribution < -0.4 is 16.4 Å². The molecule has 25 heavy (non-hydrogen) atoms. The lowest BCUT2D eigenvalue weighted by atomic mass is 10.0. The summed E-state index contributed by atoms with van der Waals surface area (Å²) in [6, 6.07) is 4.30. The third kappa shape index (κ3) is 3.21. The average molecular weight is 345 g/mol. The third-order valence-electron chi connectivity index (χ3n) is 4.09. The lowest BCUT2D eigenvalue weighted by Crippen LogP contribution is -2.34. The number of anilines is 2. The Kier molecular flexibility index (Phi) is 4.22. The van der Waals surface area contributed by atoms with E-state index in [2.05, 4.69) is 9.97 Å². The summed E-state index contributed by atoms with van der Waals surface area (Å²) in [5.74, 6) is -1.66. The van der Waals surface area contributed by atoms with E-state index < -0.39 is 29.8 Å². The van der Waals surface area contributed by atoms with E-state index in [1.54, 1.807) is 13.0 Å². The number of nitrogens with zero attached hydrogens (tertiary/aromatic N) is 3. The number of benzene rings is 1. The van der Waals surface area contributed by atoms with Gasteiger partial charge >= 0.3 is 6.09 Å². The molecule has 1 fully saturated rings. The number of hydrogen-bond donors (Lipinski definition) is 2. The molecule has 1 saturated heterocycles. The molecule has 2 amide bonds. The highest BCUT2D eigenvalue weighted by molar-refractivity contribution is 5.91. The minimum absolute atomic E-state index is 0.0928. The van der Waals surface area contributed by atoms with Gasteiger partial charge < -0.3 is 16.2 Å². The van der Waals surface area contributed by atoms with Gasteiger partial charge in [0.15, 0.2) is 0 Å². The zero-order valence-electron chi connectivity index (χ0n) is 13.3. The van der Waals surface area contributed by atoms with E-state index in [1.807, 2.05) is 0 Å². The predicted molar refractivity (Wildman–Crippen MR) is 87.8 cm³/mol. The standard InChI is InChI=1S/C16H16FN5O3/c1-8(14(18)23)13-7-22(16(24)25-13)10-2-3-11(12(17)4-10)9-5-20-15(19)21-6-9/h2-6,8,13H,7H2,1H3,(H2,18,23)(H2,19,20,21). The molecule has 1 aromatic heterocycles. The van der Waals surface area contributed by atoms with Gasteiger partial charge in [-0.25, -0.2) is 19.2 Å². The highest BCUT2D eigenvalue weighted by atomic mass is 19.1. The number of cyclic esters (lactones) is 1. The molecule has 0 saturated carbocycles. The maximum atomic E-state index is 14.5. The summed E-state index contributed by atoms with van der Waals surface area (Å²) in [6.45, 7) is 1.70. The SMILES string of the molecule is CC(C(N)=O)C1CN(c2ccc(-c3cnc(N)nc3)c(F)c2)C(=O)O1. The number of rotatable bonds is 4. The molecule has 2 heterocycles. The van der Waals surface area contributed by atoms with Crippen LogP contribution in [0.25, 0.3) is 11.1 Å². The van der Waals surface area contributed by atoms with Crippen LogP contribution in [0.15, 0.2) is 30.6 Å². The number of carbonyl (C=O) groups excluding carboxylic acids is 2. The first kappa shape index (κ1) is 16.6. The largest absolute Gasteiger partial charge is 0.443 e. The quantitative estimate of drug-likeness (QED) is 0.861. The highest BCUT2D eigenvalue weighted by Crippen LogP contribution is 2.29. The molecule has 0 aliphatic carbocycles. The highest BCUT2D eigenvalue weighted by Gasteiger charge is 2.37. The topological polar surface area (TPSA) is 124 Å². The monoisotopic (exact) mass is 345 g/mol. The molecule has 9 heteroatoms. The van der Waals surface area contributed by atoms with Gasteiger partial charge in [-0.1, -0.05) is 0 Å². The number of hydrogen-bond acceptors (Lipinski definition) is 6. The summed E-state index contributed by atoms with van der Waals surface area (Å²) >= 11 is 0. The molecule has 8 nitrogen and oxygen atoms in total. The van der Waals surface area contributed by atoms with Crippen molar-refractivity contribution in [3.63, 3.8) is 0 Å². The van der Waals surface area contributed by atoms with Crippen molar-refractivity contribution in [3.8, 4) is 11.1 Å². The number of halogens is 1. The van der Waals surface area contributed by atoms with Gasteiger partial charge in [0.05, 0.1) is 18.2 Å². The van der Waals surface area contributed by atoms with Crippen molar-refractivity contribution in [1.29, 1.82) is 0 Å². The lowest BCUT2D eigenvalue weighted by molar-refractivity contribution is -0.123. The Morgan fingerprint density at radius 2 is 2.08 bits per heavy atom. The number of amides is 2. The van der Waals surface area contributed by atoms with E-state index in [-0.39, 0.29) is 18.1 Å². The molecule has 0 radical (unpaired) electrons. The number of aromatic nitrogens is 2. The number of nitrogens with two attached hydrogens (primary N) is 2. The van der Waals surface area contributed by atoms with Crippen LogP contribution in [0.5, 0.6) is 0 Å². The van der Waals surface area contributed by atoms with Crippen molar-refractivity contribution in [2.75, 3.05) is 17.2 Å². The summed E-state index contributed by atoms with van der Waals surface area (Å²) < 4.78 is 19.6. The normalized spacial score (nSPS) is 18.1. The Balaban J connectivity index is 1.84. The Labute approximate surface area is 142 Å². The molecule has 2 unspecified atom stereocenters. The van der Waals surface area contributed by atoms with Gasteiger partial charge in [-0.3, -0.25) is 9.69 Å². The zero-order chi connectivity index (χ0) is 18.1. The van der Waals surface area contributed by atoms with Crippen LogP contribution >= 0.6 is 0 Å². The molecule has 0 spiro atoms. The Bertz CT molecular complexity index is 827. The van der Waals surface area contributed by atoms with E-state index in [9.17, 15) is 14.0 Å². The van der Waals surface area contributed by atoms with Crippen molar-refractivity contribution >= 4 is 23.6 Å². The van der Waals surface area contributed by atoms with Crippen LogP contribution in [-0.2, 0) is 9.53 Å². The maximum Gasteiger partial charge on any atom is 0.414 e. The Morgan fingerprint density at radius 3 is 2.68 bits per heavy atom. The van der Waals surface area contributed by atoms with Crippen molar-refractivity contribution in [3.05, 3.63) is 36.4 Å². The van der Waals surface area contributed by atoms with Crippen LogP contribution in [-0.4, -0.2) is 34.6 Å². The first-order valence-corrected chi connectivity index (χ1v) is 7.51. The van der Waals surface area contributed by atoms with Crippen molar-refractivity contribution < 1.29 is 18.7 Å². The number of primary amides is 1. The van der Waals surface area contributed by atoms with Gasteiger partial charge in [0.25, 0.3) is 0 Å². The predicted octanol–water partition coefficient (Wildman–Crippen LogP) is 1.31. The average Bonchev–Trinajstić information content (AvgIpc) is 2.96. The third-order valence-corrected chi connectivity index (χ3v) is 4.09. The molecule has 2 aromatic rings. The van der Waals surface area contributed by atoms with Gasteiger partial charge in [0.2, 0.25) is 11.9 Å². The molecular weight excluding hydrogens is 329 g/mol. The van der Waals surface area contributed by atoms with Crippen LogP contribution in [0.3, 0.4) is 0 Å². The number of ether oxygens (including phenoxy) is 1.